The molecule has 0 fully saturated rings. The minimum absolute atomic E-state index is 0.213. The Hall–Kier alpha value is -1.88. The Morgan fingerprint density at radius 3 is 2.37 bits per heavy atom. The van der Waals surface area contributed by atoms with Gasteiger partial charge >= 0.3 is 0 Å². The molecule has 1 N–H and O–H groups in total. The van der Waals surface area contributed by atoms with Gasteiger partial charge in [0.1, 0.15) is 22.5 Å². The first-order chi connectivity index (χ1) is 9.19. The van der Waals surface area contributed by atoms with E-state index in [0.29, 0.717) is 5.69 Å². The molecule has 0 unspecified atom stereocenters. The first-order valence-corrected chi connectivity index (χ1v) is 7.02. The Kier molecular flexibility index (Phi) is 2.98. The van der Waals surface area contributed by atoms with Crippen molar-refractivity contribution >= 4 is 27.0 Å². The fourth-order valence-corrected chi connectivity index (χ4v) is 2.35. The fourth-order valence-electron chi connectivity index (χ4n) is 2.03. The van der Waals surface area contributed by atoms with Gasteiger partial charge in [0.2, 0.25) is 0 Å². The number of hydrogen-bond acceptors (Lipinski definition) is 3. The van der Waals surface area contributed by atoms with Crippen LogP contribution < -0.4 is 0 Å². The zero-order chi connectivity index (χ0) is 13.4. The van der Waals surface area contributed by atoms with Crippen LogP contribution in [-0.4, -0.2) is 20.1 Å². The minimum atomic E-state index is 0.213. The molecule has 0 bridgehead atoms. The van der Waals surface area contributed by atoms with Crippen molar-refractivity contribution in [3.05, 3.63) is 47.5 Å². The highest BCUT2D eigenvalue weighted by Crippen LogP contribution is 2.28. The molecule has 0 radical (unpaired) electrons. The summed E-state index contributed by atoms with van der Waals surface area (Å²) in [4.78, 5) is 1.49. The zero-order valence-electron chi connectivity index (χ0n) is 10.3. The standard InChI is InChI=1S/C14H12BrN3O/c1-9-6-10(8-15)7-13(14(9)19)18-16-11-4-2-3-5-12(11)17-18/h2-7,19H,8H2,1H3. The van der Waals surface area contributed by atoms with Gasteiger partial charge in [0.15, 0.2) is 0 Å². The van der Waals surface area contributed by atoms with Crippen LogP contribution in [0.15, 0.2) is 36.4 Å². The van der Waals surface area contributed by atoms with Gasteiger partial charge in [0.05, 0.1) is 0 Å². The molecule has 19 heavy (non-hydrogen) atoms. The van der Waals surface area contributed by atoms with Gasteiger partial charge in [-0.25, -0.2) is 0 Å². The lowest BCUT2D eigenvalue weighted by Gasteiger charge is -2.08. The number of alkyl halides is 1. The number of halogens is 1. The molecule has 0 aliphatic carbocycles. The van der Waals surface area contributed by atoms with Crippen LogP contribution in [-0.2, 0) is 5.33 Å². The number of phenolic OH excluding ortho intramolecular Hbond substituents is 1. The second-order valence-electron chi connectivity index (χ2n) is 4.39. The molecule has 0 amide bonds. The average Bonchev–Trinajstić information content (AvgIpc) is 2.85. The molecule has 3 rings (SSSR count). The lowest BCUT2D eigenvalue weighted by Crippen LogP contribution is -2.01. The number of fused-ring (bicyclic) bond motifs is 1. The van der Waals surface area contributed by atoms with Crippen LogP contribution >= 0.6 is 15.9 Å². The third kappa shape index (κ3) is 2.10. The summed E-state index contributed by atoms with van der Waals surface area (Å²) in [5, 5.41) is 19.7. The summed E-state index contributed by atoms with van der Waals surface area (Å²) in [6.07, 6.45) is 0. The number of nitrogens with zero attached hydrogens (tertiary/aromatic N) is 3. The maximum absolute atomic E-state index is 10.2. The van der Waals surface area contributed by atoms with Crippen molar-refractivity contribution in [2.24, 2.45) is 0 Å². The van der Waals surface area contributed by atoms with E-state index in [1.807, 2.05) is 43.3 Å². The molecular weight excluding hydrogens is 306 g/mol. The van der Waals surface area contributed by atoms with E-state index in [1.54, 1.807) is 0 Å². The summed E-state index contributed by atoms with van der Waals surface area (Å²) in [5.74, 6) is 0.213. The normalized spacial score (nSPS) is 11.1. The van der Waals surface area contributed by atoms with Gasteiger partial charge in [-0.15, -0.1) is 15.0 Å². The minimum Gasteiger partial charge on any atom is -0.505 e. The van der Waals surface area contributed by atoms with Crippen LogP contribution in [0, 0.1) is 6.92 Å². The highest BCUT2D eigenvalue weighted by Gasteiger charge is 2.11. The number of aromatic hydroxyl groups is 1. The van der Waals surface area contributed by atoms with Crippen molar-refractivity contribution in [2.45, 2.75) is 12.3 Å². The van der Waals surface area contributed by atoms with Crippen LogP contribution in [0.25, 0.3) is 16.7 Å². The topological polar surface area (TPSA) is 50.9 Å². The predicted molar refractivity (Wildman–Crippen MR) is 77.9 cm³/mol. The first kappa shape index (κ1) is 12.2. The maximum Gasteiger partial charge on any atom is 0.146 e. The number of aryl methyl sites for hydroxylation is 1. The summed E-state index contributed by atoms with van der Waals surface area (Å²) >= 11 is 3.43. The molecule has 2 aromatic carbocycles. The van der Waals surface area contributed by atoms with Crippen molar-refractivity contribution in [1.82, 2.24) is 15.0 Å². The van der Waals surface area contributed by atoms with Crippen molar-refractivity contribution in [3.63, 3.8) is 0 Å². The van der Waals surface area contributed by atoms with E-state index >= 15 is 0 Å². The molecule has 0 aliphatic heterocycles. The zero-order valence-corrected chi connectivity index (χ0v) is 11.9. The Bertz CT molecular complexity index is 719. The Morgan fingerprint density at radius 2 is 1.79 bits per heavy atom. The smallest absolute Gasteiger partial charge is 0.146 e. The SMILES string of the molecule is Cc1cc(CBr)cc(-n2nc3ccccc3n2)c1O. The molecule has 1 heterocycles. The van der Waals surface area contributed by atoms with Crippen LogP contribution in [0.4, 0.5) is 0 Å². The van der Waals surface area contributed by atoms with Crippen molar-refractivity contribution in [3.8, 4) is 11.4 Å². The van der Waals surface area contributed by atoms with Crippen LogP contribution in [0.5, 0.6) is 5.75 Å². The van der Waals surface area contributed by atoms with Gasteiger partial charge in [-0.3, -0.25) is 0 Å². The molecule has 0 aliphatic rings. The lowest BCUT2D eigenvalue weighted by molar-refractivity contribution is 0.463. The van der Waals surface area contributed by atoms with Gasteiger partial charge in [0, 0.05) is 5.33 Å². The third-order valence-electron chi connectivity index (χ3n) is 3.00. The van der Waals surface area contributed by atoms with Gasteiger partial charge in [0.25, 0.3) is 0 Å². The Balaban J connectivity index is 2.23. The van der Waals surface area contributed by atoms with E-state index in [2.05, 4.69) is 26.1 Å². The Morgan fingerprint density at radius 1 is 1.16 bits per heavy atom. The van der Waals surface area contributed by atoms with E-state index in [0.717, 1.165) is 27.5 Å². The van der Waals surface area contributed by atoms with Crippen molar-refractivity contribution in [1.29, 1.82) is 0 Å². The largest absolute Gasteiger partial charge is 0.505 e. The number of phenols is 1. The van der Waals surface area contributed by atoms with E-state index in [1.165, 1.54) is 4.80 Å². The van der Waals surface area contributed by atoms with Crippen LogP contribution in [0.3, 0.4) is 0 Å². The second-order valence-corrected chi connectivity index (χ2v) is 4.95. The lowest BCUT2D eigenvalue weighted by atomic mass is 10.1. The second kappa shape index (κ2) is 4.66. The monoisotopic (exact) mass is 317 g/mol. The molecule has 4 nitrogen and oxygen atoms in total. The third-order valence-corrected chi connectivity index (χ3v) is 3.64. The molecule has 0 saturated heterocycles. The van der Waals surface area contributed by atoms with E-state index in [-0.39, 0.29) is 5.75 Å². The molecule has 1 aromatic heterocycles. The van der Waals surface area contributed by atoms with E-state index in [9.17, 15) is 5.11 Å². The molecule has 96 valence electrons. The predicted octanol–water partition coefficient (Wildman–Crippen LogP) is 3.33. The van der Waals surface area contributed by atoms with Crippen LogP contribution in [0.1, 0.15) is 11.1 Å². The molecule has 5 heteroatoms. The van der Waals surface area contributed by atoms with Gasteiger partial charge in [-0.2, -0.15) is 0 Å². The summed E-state index contributed by atoms with van der Waals surface area (Å²) in [6, 6.07) is 11.5. The van der Waals surface area contributed by atoms with E-state index in [4.69, 9.17) is 0 Å². The van der Waals surface area contributed by atoms with Crippen molar-refractivity contribution in [2.75, 3.05) is 0 Å². The number of hydrogen-bond donors (Lipinski definition) is 1. The highest BCUT2D eigenvalue weighted by molar-refractivity contribution is 9.08. The quantitative estimate of drug-likeness (QED) is 0.737. The fraction of sp³-hybridized carbons (Fsp3) is 0.143. The highest BCUT2D eigenvalue weighted by atomic mass is 79.9. The molecule has 0 atom stereocenters. The summed E-state index contributed by atoms with van der Waals surface area (Å²) in [7, 11) is 0. The molecule has 3 aromatic rings. The van der Waals surface area contributed by atoms with Gasteiger partial charge in [-0.1, -0.05) is 34.1 Å². The van der Waals surface area contributed by atoms with Gasteiger partial charge in [-0.05, 0) is 36.2 Å². The summed E-state index contributed by atoms with van der Waals surface area (Å²) in [6.45, 7) is 1.87. The Labute approximate surface area is 118 Å². The number of benzene rings is 2. The van der Waals surface area contributed by atoms with E-state index < -0.39 is 0 Å². The number of aromatic nitrogens is 3. The average molecular weight is 318 g/mol. The number of rotatable bonds is 2. The molecule has 0 spiro atoms. The van der Waals surface area contributed by atoms with Gasteiger partial charge < -0.3 is 5.11 Å². The summed E-state index contributed by atoms with van der Waals surface area (Å²) in [5.41, 5.74) is 4.11. The molecule has 0 saturated carbocycles. The van der Waals surface area contributed by atoms with Crippen molar-refractivity contribution < 1.29 is 5.11 Å². The van der Waals surface area contributed by atoms with Crippen LogP contribution in [0.2, 0.25) is 0 Å². The maximum atomic E-state index is 10.2. The molecular formula is C14H12BrN3O. The first-order valence-electron chi connectivity index (χ1n) is 5.90. The summed E-state index contributed by atoms with van der Waals surface area (Å²) < 4.78 is 0.